The summed E-state index contributed by atoms with van der Waals surface area (Å²) in [6.07, 6.45) is 0. The second kappa shape index (κ2) is 6.27. The molecule has 20 heavy (non-hydrogen) atoms. The molecule has 3 nitrogen and oxygen atoms in total. The van der Waals surface area contributed by atoms with E-state index >= 15 is 0 Å². The molecule has 0 saturated carbocycles. The fourth-order valence-electron chi connectivity index (χ4n) is 2.14. The zero-order valence-electron chi connectivity index (χ0n) is 13.4. The van der Waals surface area contributed by atoms with Gasteiger partial charge in [0.25, 0.3) is 0 Å². The van der Waals surface area contributed by atoms with Crippen molar-refractivity contribution in [1.82, 2.24) is 5.32 Å². The predicted molar refractivity (Wildman–Crippen MR) is 84.9 cm³/mol. The molecule has 0 heterocycles. The van der Waals surface area contributed by atoms with E-state index in [0.29, 0.717) is 10.8 Å². The van der Waals surface area contributed by atoms with Crippen molar-refractivity contribution in [3.05, 3.63) is 29.8 Å². The van der Waals surface area contributed by atoms with Gasteiger partial charge in [0.2, 0.25) is 0 Å². The van der Waals surface area contributed by atoms with Gasteiger partial charge < -0.3 is 5.32 Å². The van der Waals surface area contributed by atoms with Crippen LogP contribution in [-0.2, 0) is 9.84 Å². The largest absolute Gasteiger partial charge is 0.315 e. The standard InChI is InChI=1S/C16H27NO2S/c1-12(2)13-7-9-14(10-8-13)20(18,19)11-15(17-6)16(3,4)5/h7-10,12,15,17H,11H2,1-6H3. The molecule has 1 aromatic rings. The number of hydrogen-bond acceptors (Lipinski definition) is 3. The summed E-state index contributed by atoms with van der Waals surface area (Å²) in [5, 5.41) is 3.12. The van der Waals surface area contributed by atoms with Crippen LogP contribution in [0.2, 0.25) is 0 Å². The van der Waals surface area contributed by atoms with E-state index < -0.39 is 9.84 Å². The molecule has 0 radical (unpaired) electrons. The van der Waals surface area contributed by atoms with Gasteiger partial charge in [-0.25, -0.2) is 8.42 Å². The molecular weight excluding hydrogens is 270 g/mol. The summed E-state index contributed by atoms with van der Waals surface area (Å²) in [5.41, 5.74) is 1.06. The lowest BCUT2D eigenvalue weighted by Crippen LogP contribution is -2.43. The van der Waals surface area contributed by atoms with Crippen LogP contribution in [0.1, 0.15) is 46.1 Å². The second-order valence-electron chi connectivity index (χ2n) is 6.71. The van der Waals surface area contributed by atoms with Gasteiger partial charge >= 0.3 is 0 Å². The van der Waals surface area contributed by atoms with Gasteiger partial charge in [0.05, 0.1) is 10.6 Å². The van der Waals surface area contributed by atoms with Crippen LogP contribution in [0.25, 0.3) is 0 Å². The van der Waals surface area contributed by atoms with E-state index in [1.165, 1.54) is 0 Å². The van der Waals surface area contributed by atoms with Crippen LogP contribution in [0.5, 0.6) is 0 Å². The second-order valence-corrected chi connectivity index (χ2v) is 8.75. The number of nitrogens with one attached hydrogen (secondary N) is 1. The Hall–Kier alpha value is -0.870. The molecule has 0 aromatic heterocycles. The molecular formula is C16H27NO2S. The van der Waals surface area contributed by atoms with Crippen LogP contribution in [0, 0.1) is 5.41 Å². The first kappa shape index (κ1) is 17.2. The molecule has 1 unspecified atom stereocenters. The molecule has 4 heteroatoms. The van der Waals surface area contributed by atoms with Crippen LogP contribution in [0.15, 0.2) is 29.2 Å². The van der Waals surface area contributed by atoms with E-state index in [-0.39, 0.29) is 17.2 Å². The number of hydrogen-bond donors (Lipinski definition) is 1. The maximum atomic E-state index is 12.5. The van der Waals surface area contributed by atoms with E-state index in [1.54, 1.807) is 12.1 Å². The number of rotatable bonds is 5. The zero-order valence-corrected chi connectivity index (χ0v) is 14.2. The Morgan fingerprint density at radius 1 is 1.10 bits per heavy atom. The maximum Gasteiger partial charge on any atom is 0.179 e. The van der Waals surface area contributed by atoms with Crippen LogP contribution >= 0.6 is 0 Å². The van der Waals surface area contributed by atoms with Crippen molar-refractivity contribution in [2.45, 2.75) is 51.5 Å². The monoisotopic (exact) mass is 297 g/mol. The van der Waals surface area contributed by atoms with Crippen molar-refractivity contribution in [2.75, 3.05) is 12.8 Å². The highest BCUT2D eigenvalue weighted by atomic mass is 32.2. The van der Waals surface area contributed by atoms with Crippen LogP contribution in [0.4, 0.5) is 0 Å². The van der Waals surface area contributed by atoms with Crippen molar-refractivity contribution < 1.29 is 8.42 Å². The lowest BCUT2D eigenvalue weighted by Gasteiger charge is -2.30. The van der Waals surface area contributed by atoms with Crippen molar-refractivity contribution in [3.63, 3.8) is 0 Å². The molecule has 1 rings (SSSR count). The maximum absolute atomic E-state index is 12.5. The zero-order chi connectivity index (χ0) is 15.6. The first-order valence-electron chi connectivity index (χ1n) is 7.08. The minimum atomic E-state index is -3.26. The lowest BCUT2D eigenvalue weighted by atomic mass is 9.88. The normalized spacial score (nSPS) is 14.6. The first-order valence-corrected chi connectivity index (χ1v) is 8.73. The smallest absolute Gasteiger partial charge is 0.179 e. The minimum Gasteiger partial charge on any atom is -0.315 e. The molecule has 0 bridgehead atoms. The summed E-state index contributed by atoms with van der Waals surface area (Å²) in [5.74, 6) is 0.528. The Balaban J connectivity index is 2.99. The Morgan fingerprint density at radius 2 is 1.60 bits per heavy atom. The summed E-state index contributed by atoms with van der Waals surface area (Å²) in [7, 11) is -1.45. The fraction of sp³-hybridized carbons (Fsp3) is 0.625. The Labute approximate surface area is 123 Å². The van der Waals surface area contributed by atoms with Crippen LogP contribution in [-0.4, -0.2) is 27.3 Å². The quantitative estimate of drug-likeness (QED) is 0.907. The van der Waals surface area contributed by atoms with Gasteiger partial charge in [-0.2, -0.15) is 0 Å². The summed E-state index contributed by atoms with van der Waals surface area (Å²) in [6, 6.07) is 7.18. The highest BCUT2D eigenvalue weighted by Gasteiger charge is 2.29. The van der Waals surface area contributed by atoms with Gasteiger partial charge in [-0.05, 0) is 36.1 Å². The topological polar surface area (TPSA) is 46.2 Å². The first-order chi connectivity index (χ1) is 9.08. The third-order valence-corrected chi connectivity index (χ3v) is 5.45. The van der Waals surface area contributed by atoms with E-state index in [0.717, 1.165) is 5.56 Å². The van der Waals surface area contributed by atoms with Crippen LogP contribution in [0.3, 0.4) is 0 Å². The summed E-state index contributed by atoms with van der Waals surface area (Å²) >= 11 is 0. The SMILES string of the molecule is CNC(CS(=O)(=O)c1ccc(C(C)C)cc1)C(C)(C)C. The van der Waals surface area contributed by atoms with Gasteiger partial charge in [-0.1, -0.05) is 46.8 Å². The average Bonchev–Trinajstić information content (AvgIpc) is 2.34. The summed E-state index contributed by atoms with van der Waals surface area (Å²) < 4.78 is 25.0. The van der Waals surface area contributed by atoms with E-state index in [2.05, 4.69) is 19.2 Å². The van der Waals surface area contributed by atoms with Crippen molar-refractivity contribution in [1.29, 1.82) is 0 Å². The van der Waals surface area contributed by atoms with Crippen LogP contribution < -0.4 is 5.32 Å². The van der Waals surface area contributed by atoms with Crippen molar-refractivity contribution in [3.8, 4) is 0 Å². The minimum absolute atomic E-state index is 0.0720. The molecule has 1 aromatic carbocycles. The highest BCUT2D eigenvalue weighted by molar-refractivity contribution is 7.91. The molecule has 1 atom stereocenters. The van der Waals surface area contributed by atoms with Gasteiger partial charge in [0.15, 0.2) is 9.84 Å². The number of sulfone groups is 1. The third kappa shape index (κ3) is 4.32. The molecule has 1 N–H and O–H groups in total. The fourth-order valence-corrected chi connectivity index (χ4v) is 3.99. The van der Waals surface area contributed by atoms with Crippen molar-refractivity contribution >= 4 is 9.84 Å². The van der Waals surface area contributed by atoms with E-state index in [4.69, 9.17) is 0 Å². The summed E-state index contributed by atoms with van der Waals surface area (Å²) in [6.45, 7) is 10.3. The van der Waals surface area contributed by atoms with Gasteiger partial charge in [0, 0.05) is 6.04 Å². The van der Waals surface area contributed by atoms with Crippen molar-refractivity contribution in [2.24, 2.45) is 5.41 Å². The summed E-state index contributed by atoms with van der Waals surface area (Å²) in [4.78, 5) is 0.409. The lowest BCUT2D eigenvalue weighted by molar-refractivity contribution is 0.302. The molecule has 0 spiro atoms. The predicted octanol–water partition coefficient (Wildman–Crippen LogP) is 3.22. The molecule has 0 aliphatic carbocycles. The molecule has 0 aliphatic heterocycles. The Morgan fingerprint density at radius 3 is 1.95 bits per heavy atom. The average molecular weight is 297 g/mol. The third-order valence-electron chi connectivity index (χ3n) is 3.69. The molecule has 0 fully saturated rings. The van der Waals surface area contributed by atoms with Gasteiger partial charge in [0.1, 0.15) is 0 Å². The molecule has 0 amide bonds. The Bertz CT molecular complexity index is 525. The molecule has 114 valence electrons. The Kier molecular flexibility index (Phi) is 5.39. The van der Waals surface area contributed by atoms with Gasteiger partial charge in [-0.15, -0.1) is 0 Å². The highest BCUT2D eigenvalue weighted by Crippen LogP contribution is 2.24. The number of benzene rings is 1. The van der Waals surface area contributed by atoms with E-state index in [9.17, 15) is 8.42 Å². The van der Waals surface area contributed by atoms with Gasteiger partial charge in [-0.3, -0.25) is 0 Å². The van der Waals surface area contributed by atoms with E-state index in [1.807, 2.05) is 40.0 Å². The molecule has 0 aliphatic rings. The molecule has 0 saturated heterocycles.